The molecule has 0 bridgehead atoms. The van der Waals surface area contributed by atoms with Crippen LogP contribution in [0.5, 0.6) is 0 Å². The first kappa shape index (κ1) is 17.4. The lowest BCUT2D eigenvalue weighted by atomic mass is 10.2. The fraction of sp³-hybridized carbons (Fsp3) is 0.158. The van der Waals surface area contributed by atoms with Crippen LogP contribution in [0.1, 0.15) is 18.6 Å². The van der Waals surface area contributed by atoms with Crippen molar-refractivity contribution in [2.75, 3.05) is 0 Å². The van der Waals surface area contributed by atoms with Gasteiger partial charge < -0.3 is 4.52 Å². The van der Waals surface area contributed by atoms with Crippen LogP contribution in [-0.4, -0.2) is 24.9 Å². The Kier molecular flexibility index (Phi) is 4.97. The van der Waals surface area contributed by atoms with Gasteiger partial charge in [0.05, 0.1) is 5.75 Å². The summed E-state index contributed by atoms with van der Waals surface area (Å²) in [6.07, 6.45) is 0.696. The first-order chi connectivity index (χ1) is 13.2. The zero-order valence-corrected chi connectivity index (χ0v) is 15.4. The van der Waals surface area contributed by atoms with Crippen molar-refractivity contribution in [2.45, 2.75) is 24.3 Å². The molecule has 0 saturated carbocycles. The Balaban J connectivity index is 1.70. The fourth-order valence-electron chi connectivity index (χ4n) is 2.58. The smallest absolute Gasteiger partial charge is 0.226 e. The number of aryl methyl sites for hydroxylation is 1. The van der Waals surface area contributed by atoms with Gasteiger partial charge in [-0.1, -0.05) is 54.2 Å². The first-order valence-corrected chi connectivity index (χ1v) is 9.44. The fourth-order valence-corrected chi connectivity index (χ4v) is 3.38. The summed E-state index contributed by atoms with van der Waals surface area (Å²) in [6.45, 7) is 1.96. The van der Waals surface area contributed by atoms with E-state index >= 15 is 0 Å². The lowest BCUT2D eigenvalue weighted by Gasteiger charge is -2.10. The molecule has 6 nitrogen and oxygen atoms in total. The van der Waals surface area contributed by atoms with Gasteiger partial charge in [0.1, 0.15) is 5.82 Å². The third-order valence-corrected chi connectivity index (χ3v) is 4.82. The number of hydrogen-bond donors (Lipinski definition) is 0. The Hall–Kier alpha value is -3.00. The van der Waals surface area contributed by atoms with Crippen molar-refractivity contribution in [1.29, 1.82) is 0 Å². The van der Waals surface area contributed by atoms with Crippen molar-refractivity contribution in [3.63, 3.8) is 0 Å². The second-order valence-corrected chi connectivity index (χ2v) is 6.67. The van der Waals surface area contributed by atoms with Crippen molar-refractivity contribution in [3.05, 3.63) is 72.1 Å². The van der Waals surface area contributed by atoms with Crippen LogP contribution >= 0.6 is 11.8 Å². The summed E-state index contributed by atoms with van der Waals surface area (Å²) in [5.41, 5.74) is 1.71. The van der Waals surface area contributed by atoms with Gasteiger partial charge in [-0.05, 0) is 24.3 Å². The van der Waals surface area contributed by atoms with E-state index < -0.39 is 0 Å². The van der Waals surface area contributed by atoms with Gasteiger partial charge in [-0.2, -0.15) is 4.98 Å². The number of thioether (sulfide) groups is 1. The van der Waals surface area contributed by atoms with Crippen molar-refractivity contribution >= 4 is 11.8 Å². The topological polar surface area (TPSA) is 69.6 Å². The van der Waals surface area contributed by atoms with E-state index in [0.717, 1.165) is 11.3 Å². The molecule has 0 fully saturated rings. The molecule has 0 atom stereocenters. The number of halogens is 1. The predicted molar refractivity (Wildman–Crippen MR) is 100.0 cm³/mol. The molecule has 0 N–H and O–H groups in total. The van der Waals surface area contributed by atoms with E-state index in [1.165, 1.54) is 23.9 Å². The summed E-state index contributed by atoms with van der Waals surface area (Å²) in [7, 11) is 0. The highest BCUT2D eigenvalue weighted by atomic mass is 32.2. The number of nitrogens with zero attached hydrogens (tertiary/aromatic N) is 5. The maximum absolute atomic E-state index is 13.4. The molecule has 0 aliphatic heterocycles. The quantitative estimate of drug-likeness (QED) is 0.464. The van der Waals surface area contributed by atoms with Crippen molar-refractivity contribution in [2.24, 2.45) is 0 Å². The van der Waals surface area contributed by atoms with E-state index in [-0.39, 0.29) is 5.82 Å². The minimum Gasteiger partial charge on any atom is -0.339 e. The van der Waals surface area contributed by atoms with Gasteiger partial charge >= 0.3 is 0 Å². The van der Waals surface area contributed by atoms with E-state index in [9.17, 15) is 4.39 Å². The maximum Gasteiger partial charge on any atom is 0.226 e. The normalized spacial score (nSPS) is 11.0. The molecule has 27 heavy (non-hydrogen) atoms. The maximum atomic E-state index is 13.4. The van der Waals surface area contributed by atoms with Crippen LogP contribution in [0.4, 0.5) is 4.39 Å². The third-order valence-electron chi connectivity index (χ3n) is 3.89. The monoisotopic (exact) mass is 381 g/mol. The molecule has 2 heterocycles. The van der Waals surface area contributed by atoms with Gasteiger partial charge in [0.2, 0.25) is 5.89 Å². The molecular formula is C19H16FN5OS. The molecule has 0 amide bonds. The molecule has 2 aromatic heterocycles. The lowest BCUT2D eigenvalue weighted by molar-refractivity contribution is 0.378. The number of aromatic nitrogens is 5. The standard InChI is InChI=1S/C19H16FN5OS/c1-2-17-21-16(24-26-17)12-27-19-23-22-18(13-6-4-3-5-7-13)25(19)15-10-8-14(20)9-11-15/h3-11H,2,12H2,1H3. The molecule has 4 rings (SSSR count). The largest absolute Gasteiger partial charge is 0.339 e. The molecule has 8 heteroatoms. The van der Waals surface area contributed by atoms with Gasteiger partial charge in [-0.25, -0.2) is 4.39 Å². The van der Waals surface area contributed by atoms with Crippen molar-refractivity contribution in [1.82, 2.24) is 24.9 Å². The average Bonchev–Trinajstić information content (AvgIpc) is 3.34. The first-order valence-electron chi connectivity index (χ1n) is 8.45. The van der Waals surface area contributed by atoms with E-state index in [0.29, 0.717) is 34.9 Å². The summed E-state index contributed by atoms with van der Waals surface area (Å²) < 4.78 is 20.4. The van der Waals surface area contributed by atoms with Gasteiger partial charge in [0, 0.05) is 17.7 Å². The Labute approximate surface area is 159 Å². The van der Waals surface area contributed by atoms with Gasteiger partial charge in [0.25, 0.3) is 0 Å². The van der Waals surface area contributed by atoms with Gasteiger partial charge in [0.15, 0.2) is 16.8 Å². The van der Waals surface area contributed by atoms with Crippen molar-refractivity contribution in [3.8, 4) is 17.1 Å². The van der Waals surface area contributed by atoms with Crippen LogP contribution in [0.3, 0.4) is 0 Å². The third kappa shape index (κ3) is 3.75. The number of rotatable bonds is 6. The molecule has 0 spiro atoms. The summed E-state index contributed by atoms with van der Waals surface area (Å²) >= 11 is 1.45. The molecular weight excluding hydrogens is 365 g/mol. The van der Waals surface area contributed by atoms with Crippen molar-refractivity contribution < 1.29 is 8.91 Å². The Morgan fingerprint density at radius 1 is 1.04 bits per heavy atom. The summed E-state index contributed by atoms with van der Waals surface area (Å²) in [4.78, 5) is 4.32. The van der Waals surface area contributed by atoms with Crippen LogP contribution in [0, 0.1) is 5.82 Å². The summed E-state index contributed by atoms with van der Waals surface area (Å²) in [5.74, 6) is 2.10. The van der Waals surface area contributed by atoms with Crippen LogP contribution in [0.25, 0.3) is 17.1 Å². The van der Waals surface area contributed by atoms with E-state index in [1.54, 1.807) is 12.1 Å². The average molecular weight is 381 g/mol. The SMILES string of the molecule is CCc1nc(CSc2nnc(-c3ccccc3)n2-c2ccc(F)cc2)no1. The predicted octanol–water partition coefficient (Wildman–Crippen LogP) is 4.31. The zero-order valence-electron chi connectivity index (χ0n) is 14.5. The summed E-state index contributed by atoms with van der Waals surface area (Å²) in [6, 6.07) is 16.0. The van der Waals surface area contributed by atoms with Crippen LogP contribution in [0.2, 0.25) is 0 Å². The molecule has 0 saturated heterocycles. The highest BCUT2D eigenvalue weighted by molar-refractivity contribution is 7.98. The molecule has 0 aliphatic carbocycles. The highest BCUT2D eigenvalue weighted by Gasteiger charge is 2.17. The Bertz CT molecular complexity index is 1030. The molecule has 0 unspecified atom stereocenters. The van der Waals surface area contributed by atoms with E-state index in [2.05, 4.69) is 20.3 Å². The van der Waals surface area contributed by atoms with E-state index in [1.807, 2.05) is 41.8 Å². The second-order valence-electron chi connectivity index (χ2n) is 5.73. The summed E-state index contributed by atoms with van der Waals surface area (Å²) in [5, 5.41) is 13.3. The second kappa shape index (κ2) is 7.71. The van der Waals surface area contributed by atoms with Crippen LogP contribution in [-0.2, 0) is 12.2 Å². The van der Waals surface area contributed by atoms with Crippen LogP contribution in [0.15, 0.2) is 64.3 Å². The minimum absolute atomic E-state index is 0.291. The number of hydrogen-bond acceptors (Lipinski definition) is 6. The zero-order chi connectivity index (χ0) is 18.6. The van der Waals surface area contributed by atoms with Gasteiger partial charge in [-0.15, -0.1) is 10.2 Å². The Morgan fingerprint density at radius 3 is 2.52 bits per heavy atom. The number of benzene rings is 2. The molecule has 0 radical (unpaired) electrons. The highest BCUT2D eigenvalue weighted by Crippen LogP contribution is 2.29. The van der Waals surface area contributed by atoms with Crippen LogP contribution < -0.4 is 0 Å². The Morgan fingerprint density at radius 2 is 1.81 bits per heavy atom. The molecule has 136 valence electrons. The minimum atomic E-state index is -0.291. The molecule has 2 aromatic carbocycles. The van der Waals surface area contributed by atoms with E-state index in [4.69, 9.17) is 4.52 Å². The molecule has 4 aromatic rings. The van der Waals surface area contributed by atoms with Gasteiger partial charge in [-0.3, -0.25) is 4.57 Å². The lowest BCUT2D eigenvalue weighted by Crippen LogP contribution is -2.00. The molecule has 0 aliphatic rings.